The lowest BCUT2D eigenvalue weighted by molar-refractivity contribution is 0.179. The van der Waals surface area contributed by atoms with Crippen LogP contribution in [0.5, 0.6) is 0 Å². The maximum absolute atomic E-state index is 10.9. The van der Waals surface area contributed by atoms with Gasteiger partial charge in [-0.05, 0) is 24.3 Å². The first kappa shape index (κ1) is 11.8. The highest BCUT2D eigenvalue weighted by molar-refractivity contribution is 6.30. The van der Waals surface area contributed by atoms with E-state index in [9.17, 15) is 4.79 Å². The van der Waals surface area contributed by atoms with Crippen LogP contribution in [-0.2, 0) is 4.84 Å². The van der Waals surface area contributed by atoms with Crippen LogP contribution in [0.3, 0.4) is 0 Å². The fraction of sp³-hybridized carbons (Fsp3) is 0. The van der Waals surface area contributed by atoms with E-state index in [1.165, 1.54) is 6.07 Å². The van der Waals surface area contributed by atoms with E-state index in [1.54, 1.807) is 29.4 Å². The molecule has 1 aromatic carbocycles. The second-order valence-electron chi connectivity index (χ2n) is 3.84. The fourth-order valence-electron chi connectivity index (χ4n) is 1.62. The molecule has 0 radical (unpaired) electrons. The highest BCUT2D eigenvalue weighted by Gasteiger charge is 2.17. The zero-order valence-electron chi connectivity index (χ0n) is 9.63. The zero-order chi connectivity index (χ0) is 13.2. The Morgan fingerprint density at radius 3 is 2.89 bits per heavy atom. The summed E-state index contributed by atoms with van der Waals surface area (Å²) in [5, 5.41) is 8.52. The molecule has 2 aromatic rings. The van der Waals surface area contributed by atoms with Gasteiger partial charge in [-0.15, -0.1) is 0 Å². The molecule has 0 atom stereocenters. The lowest BCUT2D eigenvalue weighted by Gasteiger charge is -2.13. The van der Waals surface area contributed by atoms with Crippen molar-refractivity contribution in [3.05, 3.63) is 63.7 Å². The maximum Gasteiger partial charge on any atom is 0.264 e. The first-order valence-electron chi connectivity index (χ1n) is 5.47. The maximum atomic E-state index is 10.9. The molecule has 1 aromatic heterocycles. The third-order valence-electron chi connectivity index (χ3n) is 2.52. The number of hydrazine groups is 1. The van der Waals surface area contributed by atoms with E-state index in [-0.39, 0.29) is 5.56 Å². The van der Waals surface area contributed by atoms with E-state index in [0.29, 0.717) is 16.5 Å². The van der Waals surface area contributed by atoms with Crippen LogP contribution in [0.2, 0.25) is 5.02 Å². The quantitative estimate of drug-likeness (QED) is 0.873. The Bertz CT molecular complexity index is 678. The lowest BCUT2D eigenvalue weighted by Crippen LogP contribution is -2.26. The van der Waals surface area contributed by atoms with Gasteiger partial charge < -0.3 is 4.84 Å². The molecule has 7 heteroatoms. The molecule has 1 aliphatic rings. The third-order valence-corrected chi connectivity index (χ3v) is 2.75. The Morgan fingerprint density at radius 2 is 2.16 bits per heavy atom. The molecule has 0 amide bonds. The van der Waals surface area contributed by atoms with Crippen molar-refractivity contribution >= 4 is 23.0 Å². The Hall–Kier alpha value is -2.31. The molecule has 6 nitrogen and oxygen atoms in total. The van der Waals surface area contributed by atoms with Gasteiger partial charge in [0.05, 0.1) is 11.9 Å². The van der Waals surface area contributed by atoms with Crippen LogP contribution in [-0.4, -0.2) is 10.2 Å². The largest absolute Gasteiger partial charge is 0.385 e. The average molecular weight is 277 g/mol. The summed E-state index contributed by atoms with van der Waals surface area (Å²) < 4.78 is 0. The summed E-state index contributed by atoms with van der Waals surface area (Å²) >= 11 is 5.93. The van der Waals surface area contributed by atoms with Crippen molar-refractivity contribution in [2.24, 2.45) is 0 Å². The molecular weight excluding hydrogens is 268 g/mol. The van der Waals surface area contributed by atoms with Crippen molar-refractivity contribution in [1.29, 1.82) is 0 Å². The standard InChI is InChI=1S/C12H9ClN4O2/c13-8-2-1-3-9(6-8)17-7-11(19-16-17)10-4-5-12(18)15-14-10/h1-7,16H,(H,15,18). The number of nitrogens with zero attached hydrogens (tertiary/aromatic N) is 2. The third kappa shape index (κ3) is 2.44. The van der Waals surface area contributed by atoms with Gasteiger partial charge in [-0.1, -0.05) is 23.3 Å². The molecule has 0 unspecified atom stereocenters. The fourth-order valence-corrected chi connectivity index (χ4v) is 1.81. The van der Waals surface area contributed by atoms with E-state index in [4.69, 9.17) is 16.4 Å². The second kappa shape index (κ2) is 4.75. The topological polar surface area (TPSA) is 70.2 Å². The van der Waals surface area contributed by atoms with Crippen LogP contribution in [0.25, 0.3) is 5.76 Å². The summed E-state index contributed by atoms with van der Waals surface area (Å²) in [6, 6.07) is 10.3. The molecule has 0 bridgehead atoms. The number of H-pyrrole nitrogens is 1. The van der Waals surface area contributed by atoms with Crippen molar-refractivity contribution in [3.63, 3.8) is 0 Å². The predicted octanol–water partition coefficient (Wildman–Crippen LogP) is 1.68. The smallest absolute Gasteiger partial charge is 0.264 e. The predicted molar refractivity (Wildman–Crippen MR) is 71.0 cm³/mol. The van der Waals surface area contributed by atoms with Crippen LogP contribution in [0.1, 0.15) is 5.69 Å². The molecule has 19 heavy (non-hydrogen) atoms. The van der Waals surface area contributed by atoms with Crippen molar-refractivity contribution in [1.82, 2.24) is 15.8 Å². The number of hydrogen-bond donors (Lipinski definition) is 2. The van der Waals surface area contributed by atoms with Crippen molar-refractivity contribution in [2.45, 2.75) is 0 Å². The number of aromatic nitrogens is 2. The van der Waals surface area contributed by atoms with Crippen LogP contribution in [0.4, 0.5) is 5.69 Å². The summed E-state index contributed by atoms with van der Waals surface area (Å²) in [6.07, 6.45) is 1.71. The first-order chi connectivity index (χ1) is 9.22. The van der Waals surface area contributed by atoms with Gasteiger partial charge in [0.1, 0.15) is 5.69 Å². The van der Waals surface area contributed by atoms with Gasteiger partial charge in [0, 0.05) is 11.1 Å². The van der Waals surface area contributed by atoms with Crippen molar-refractivity contribution in [3.8, 4) is 0 Å². The summed E-state index contributed by atoms with van der Waals surface area (Å²) in [5.41, 5.74) is 3.80. The molecule has 96 valence electrons. The lowest BCUT2D eigenvalue weighted by atomic mass is 10.3. The molecule has 0 aliphatic carbocycles. The van der Waals surface area contributed by atoms with Crippen LogP contribution < -0.4 is 16.2 Å². The molecule has 2 N–H and O–H groups in total. The van der Waals surface area contributed by atoms with Crippen molar-refractivity contribution in [2.75, 3.05) is 5.01 Å². The SMILES string of the molecule is O=c1ccc(C2=CN(c3cccc(Cl)c3)NO2)n[nH]1. The van der Waals surface area contributed by atoms with Gasteiger partial charge in [-0.25, -0.2) is 10.1 Å². The van der Waals surface area contributed by atoms with Gasteiger partial charge >= 0.3 is 0 Å². The number of nitrogens with one attached hydrogen (secondary N) is 2. The van der Waals surface area contributed by atoms with E-state index >= 15 is 0 Å². The number of halogens is 1. The minimum atomic E-state index is -0.262. The number of rotatable bonds is 2. The van der Waals surface area contributed by atoms with Crippen LogP contribution >= 0.6 is 11.6 Å². The monoisotopic (exact) mass is 276 g/mol. The summed E-state index contributed by atoms with van der Waals surface area (Å²) in [6.45, 7) is 0. The average Bonchev–Trinajstić information content (AvgIpc) is 2.89. The van der Waals surface area contributed by atoms with E-state index in [2.05, 4.69) is 15.8 Å². The first-order valence-corrected chi connectivity index (χ1v) is 5.85. The summed E-state index contributed by atoms with van der Waals surface area (Å²) in [7, 11) is 0. The molecule has 0 spiro atoms. The Balaban J connectivity index is 1.89. The van der Waals surface area contributed by atoms with Gasteiger partial charge in [-0.3, -0.25) is 4.79 Å². The number of anilines is 1. The minimum absolute atomic E-state index is 0.262. The Labute approximate surface area is 113 Å². The number of benzene rings is 1. The normalized spacial score (nSPS) is 14.2. The minimum Gasteiger partial charge on any atom is -0.385 e. The second-order valence-corrected chi connectivity index (χ2v) is 4.28. The summed E-state index contributed by atoms with van der Waals surface area (Å²) in [4.78, 5) is 16.2. The van der Waals surface area contributed by atoms with E-state index in [1.807, 2.05) is 12.1 Å². The van der Waals surface area contributed by atoms with Gasteiger partial charge in [0.15, 0.2) is 5.76 Å². The Kier molecular flexibility index (Phi) is 2.94. The highest BCUT2D eigenvalue weighted by atomic mass is 35.5. The molecule has 3 rings (SSSR count). The van der Waals surface area contributed by atoms with Gasteiger partial charge in [0.25, 0.3) is 5.56 Å². The summed E-state index contributed by atoms with van der Waals surface area (Å²) in [5.74, 6) is 0.497. The highest BCUT2D eigenvalue weighted by Crippen LogP contribution is 2.24. The number of aromatic amines is 1. The Morgan fingerprint density at radius 1 is 1.26 bits per heavy atom. The molecule has 0 fully saturated rings. The van der Waals surface area contributed by atoms with Gasteiger partial charge in [0.2, 0.25) is 0 Å². The van der Waals surface area contributed by atoms with E-state index in [0.717, 1.165) is 5.69 Å². The van der Waals surface area contributed by atoms with Crippen LogP contribution in [0, 0.1) is 0 Å². The molecule has 1 aliphatic heterocycles. The molecule has 0 saturated heterocycles. The zero-order valence-corrected chi connectivity index (χ0v) is 10.4. The molecule has 0 saturated carbocycles. The van der Waals surface area contributed by atoms with E-state index < -0.39 is 0 Å². The van der Waals surface area contributed by atoms with Crippen LogP contribution in [0.15, 0.2) is 47.4 Å². The molecular formula is C12H9ClN4O2. The number of hydrogen-bond acceptors (Lipinski definition) is 5. The van der Waals surface area contributed by atoms with Crippen molar-refractivity contribution < 1.29 is 4.84 Å². The van der Waals surface area contributed by atoms with Gasteiger partial charge in [-0.2, -0.15) is 5.10 Å². The molecule has 2 heterocycles.